The molecule has 6 N–H and O–H groups in total. The van der Waals surface area contributed by atoms with Crippen LogP contribution >= 0.6 is 0 Å². The number of carboxylic acids is 1. The number of carbonyl (C=O) groups excluding carboxylic acids is 4. The highest BCUT2D eigenvalue weighted by Crippen LogP contribution is 2.27. The quantitative estimate of drug-likeness (QED) is 0.336. The Morgan fingerprint density at radius 1 is 1.16 bits per heavy atom. The lowest BCUT2D eigenvalue weighted by Gasteiger charge is -2.46. The fourth-order valence-corrected chi connectivity index (χ4v) is 3.64. The van der Waals surface area contributed by atoms with Crippen molar-refractivity contribution in [2.24, 2.45) is 11.5 Å². The van der Waals surface area contributed by atoms with Crippen molar-refractivity contribution in [3.8, 4) is 0 Å². The van der Waals surface area contributed by atoms with Gasteiger partial charge >= 0.3 is 5.97 Å². The first-order valence-electron chi connectivity index (χ1n) is 9.86. The van der Waals surface area contributed by atoms with Gasteiger partial charge < -0.3 is 31.7 Å². The molecule has 0 unspecified atom stereocenters. The van der Waals surface area contributed by atoms with E-state index < -0.39 is 48.2 Å². The van der Waals surface area contributed by atoms with E-state index in [1.807, 2.05) is 0 Å². The van der Waals surface area contributed by atoms with Crippen LogP contribution in [0.25, 0.3) is 0 Å². The molecule has 11 heteroatoms. The number of nitrogens with one attached hydrogen (secondary N) is 1. The molecule has 0 aromatic heterocycles. The molecule has 1 aromatic carbocycles. The molecule has 31 heavy (non-hydrogen) atoms. The van der Waals surface area contributed by atoms with Crippen molar-refractivity contribution in [3.05, 3.63) is 35.4 Å². The highest BCUT2D eigenvalue weighted by Gasteiger charge is 2.54. The number of piperazine rings is 1. The molecule has 1 atom stereocenters. The van der Waals surface area contributed by atoms with E-state index >= 15 is 0 Å². The molecule has 1 fully saturated rings. The van der Waals surface area contributed by atoms with Gasteiger partial charge in [0.25, 0.3) is 17.7 Å². The Morgan fingerprint density at radius 3 is 2.32 bits per heavy atom. The first kappa shape index (κ1) is 23.8. The van der Waals surface area contributed by atoms with Gasteiger partial charge in [0.2, 0.25) is 11.4 Å². The van der Waals surface area contributed by atoms with E-state index in [1.54, 1.807) is 24.3 Å². The van der Waals surface area contributed by atoms with Crippen LogP contribution in [-0.2, 0) is 25.6 Å². The lowest BCUT2D eigenvalue weighted by atomic mass is 9.88. The SMILES string of the molecule is CC[C@]1(C(N)=O)C(=O)N(CC(=O)O)CCN1C(=O)CNC(=O)c1ccc(CCN)cc1. The van der Waals surface area contributed by atoms with Gasteiger partial charge in [-0.1, -0.05) is 19.1 Å². The first-order chi connectivity index (χ1) is 14.7. The third-order valence-electron chi connectivity index (χ3n) is 5.29. The minimum absolute atomic E-state index is 0.0670. The summed E-state index contributed by atoms with van der Waals surface area (Å²) in [7, 11) is 0. The summed E-state index contributed by atoms with van der Waals surface area (Å²) >= 11 is 0. The van der Waals surface area contributed by atoms with E-state index in [0.29, 0.717) is 18.5 Å². The van der Waals surface area contributed by atoms with Gasteiger partial charge in [0.15, 0.2) is 0 Å². The number of primary amides is 1. The fourth-order valence-electron chi connectivity index (χ4n) is 3.64. The van der Waals surface area contributed by atoms with Crippen molar-refractivity contribution in [2.75, 3.05) is 32.7 Å². The minimum Gasteiger partial charge on any atom is -0.480 e. The van der Waals surface area contributed by atoms with Crippen LogP contribution in [0.4, 0.5) is 0 Å². The number of hydrogen-bond donors (Lipinski definition) is 4. The molecule has 0 radical (unpaired) electrons. The molecule has 0 bridgehead atoms. The highest BCUT2D eigenvalue weighted by molar-refractivity contribution is 6.12. The molecule has 1 aliphatic rings. The van der Waals surface area contributed by atoms with E-state index in [9.17, 15) is 24.0 Å². The summed E-state index contributed by atoms with van der Waals surface area (Å²) in [6.45, 7) is 0.782. The van der Waals surface area contributed by atoms with E-state index in [1.165, 1.54) is 6.92 Å². The number of aliphatic carboxylic acids is 1. The highest BCUT2D eigenvalue weighted by atomic mass is 16.4. The Hall–Kier alpha value is -3.47. The van der Waals surface area contributed by atoms with Gasteiger partial charge in [-0.05, 0) is 37.1 Å². The fraction of sp³-hybridized carbons (Fsp3) is 0.450. The molecule has 1 saturated heterocycles. The maximum Gasteiger partial charge on any atom is 0.323 e. The second-order valence-electron chi connectivity index (χ2n) is 7.16. The van der Waals surface area contributed by atoms with Gasteiger partial charge in [-0.15, -0.1) is 0 Å². The number of nitrogens with zero attached hydrogens (tertiary/aromatic N) is 2. The van der Waals surface area contributed by atoms with Crippen LogP contribution < -0.4 is 16.8 Å². The number of carboxylic acid groups (broad SMARTS) is 1. The molecule has 0 spiro atoms. The number of hydrogen-bond acceptors (Lipinski definition) is 6. The van der Waals surface area contributed by atoms with Crippen LogP contribution in [-0.4, -0.2) is 82.8 Å². The van der Waals surface area contributed by atoms with E-state index in [4.69, 9.17) is 16.6 Å². The van der Waals surface area contributed by atoms with Crippen molar-refractivity contribution < 1.29 is 29.1 Å². The number of carbonyl (C=O) groups is 5. The third-order valence-corrected chi connectivity index (χ3v) is 5.29. The molecule has 2 rings (SSSR count). The van der Waals surface area contributed by atoms with E-state index in [0.717, 1.165) is 15.4 Å². The summed E-state index contributed by atoms with van der Waals surface area (Å²) in [4.78, 5) is 63.4. The van der Waals surface area contributed by atoms with Gasteiger partial charge in [-0.3, -0.25) is 24.0 Å². The number of nitrogens with two attached hydrogens (primary N) is 2. The topological polar surface area (TPSA) is 176 Å². The second-order valence-corrected chi connectivity index (χ2v) is 7.16. The predicted octanol–water partition coefficient (Wildman–Crippen LogP) is -1.69. The average Bonchev–Trinajstić information content (AvgIpc) is 2.73. The Morgan fingerprint density at radius 2 is 1.81 bits per heavy atom. The molecular weight excluding hydrogens is 406 g/mol. The van der Waals surface area contributed by atoms with Gasteiger partial charge in [0, 0.05) is 18.7 Å². The van der Waals surface area contributed by atoms with Crippen LogP contribution in [0.3, 0.4) is 0 Å². The smallest absolute Gasteiger partial charge is 0.323 e. The molecule has 168 valence electrons. The van der Waals surface area contributed by atoms with E-state index in [-0.39, 0.29) is 19.5 Å². The Balaban J connectivity index is 2.13. The summed E-state index contributed by atoms with van der Waals surface area (Å²) in [6.07, 6.45) is 0.550. The zero-order valence-corrected chi connectivity index (χ0v) is 17.3. The maximum absolute atomic E-state index is 12.9. The van der Waals surface area contributed by atoms with Crippen LogP contribution in [0.2, 0.25) is 0 Å². The third kappa shape index (κ3) is 5.00. The normalized spacial score (nSPS) is 18.6. The Bertz CT molecular complexity index is 871. The maximum atomic E-state index is 12.9. The van der Waals surface area contributed by atoms with E-state index in [2.05, 4.69) is 5.32 Å². The monoisotopic (exact) mass is 433 g/mol. The van der Waals surface area contributed by atoms with Crippen LogP contribution in [0.15, 0.2) is 24.3 Å². The summed E-state index contributed by atoms with van der Waals surface area (Å²) in [5.74, 6) is -4.30. The molecule has 1 heterocycles. The first-order valence-corrected chi connectivity index (χ1v) is 9.86. The number of benzene rings is 1. The summed E-state index contributed by atoms with van der Waals surface area (Å²) in [5.41, 5.74) is 10.3. The standard InChI is InChI=1S/C20H27N5O6/c1-2-20(18(22)30)19(31)24(12-16(27)28)9-10-25(20)15(26)11-23-17(29)14-5-3-13(4-6-14)7-8-21/h3-6H,2,7-12,21H2,1H3,(H2,22,30)(H,23,29)(H,27,28)/t20-/m0/s1. The zero-order valence-electron chi connectivity index (χ0n) is 17.3. The molecule has 0 aliphatic carbocycles. The Labute approximate surface area is 179 Å². The second kappa shape index (κ2) is 10.0. The molecular formula is C20H27N5O6. The lowest BCUT2D eigenvalue weighted by molar-refractivity contribution is -0.168. The molecule has 11 nitrogen and oxygen atoms in total. The van der Waals surface area contributed by atoms with Gasteiger partial charge in [-0.2, -0.15) is 0 Å². The van der Waals surface area contributed by atoms with Gasteiger partial charge in [-0.25, -0.2) is 0 Å². The largest absolute Gasteiger partial charge is 0.480 e. The van der Waals surface area contributed by atoms with Crippen molar-refractivity contribution in [2.45, 2.75) is 25.3 Å². The number of rotatable bonds is 9. The lowest BCUT2D eigenvalue weighted by Crippen LogP contribution is -2.73. The van der Waals surface area contributed by atoms with Gasteiger partial charge in [0.1, 0.15) is 6.54 Å². The van der Waals surface area contributed by atoms with Crippen LogP contribution in [0.1, 0.15) is 29.3 Å². The van der Waals surface area contributed by atoms with Crippen molar-refractivity contribution in [1.82, 2.24) is 15.1 Å². The van der Waals surface area contributed by atoms with Crippen LogP contribution in [0.5, 0.6) is 0 Å². The number of amides is 4. The molecule has 4 amide bonds. The van der Waals surface area contributed by atoms with Crippen molar-refractivity contribution in [1.29, 1.82) is 0 Å². The summed E-state index contributed by atoms with van der Waals surface area (Å²) in [5, 5.41) is 11.5. The van der Waals surface area contributed by atoms with Crippen molar-refractivity contribution in [3.63, 3.8) is 0 Å². The summed E-state index contributed by atoms with van der Waals surface area (Å²) in [6, 6.07) is 6.75. The molecule has 1 aliphatic heterocycles. The molecule has 1 aromatic rings. The molecule has 0 saturated carbocycles. The average molecular weight is 433 g/mol. The zero-order chi connectivity index (χ0) is 23.2. The van der Waals surface area contributed by atoms with Crippen LogP contribution in [0, 0.1) is 0 Å². The van der Waals surface area contributed by atoms with Gasteiger partial charge in [0.05, 0.1) is 6.54 Å². The minimum atomic E-state index is -2.00. The summed E-state index contributed by atoms with van der Waals surface area (Å²) < 4.78 is 0. The predicted molar refractivity (Wildman–Crippen MR) is 110 cm³/mol. The van der Waals surface area contributed by atoms with Crippen molar-refractivity contribution >= 4 is 29.6 Å². The Kier molecular flexibility index (Phi) is 7.70.